The van der Waals surface area contributed by atoms with E-state index in [2.05, 4.69) is 34.0 Å². The van der Waals surface area contributed by atoms with Gasteiger partial charge >= 0.3 is 0 Å². The second kappa shape index (κ2) is 8.23. The van der Waals surface area contributed by atoms with Crippen molar-refractivity contribution < 1.29 is 0 Å². The molecule has 28 heavy (non-hydrogen) atoms. The van der Waals surface area contributed by atoms with Gasteiger partial charge in [-0.3, -0.25) is 0 Å². The average molecular weight is 421 g/mol. The number of aromatic nitrogens is 4. The molecule has 2 fully saturated rings. The van der Waals surface area contributed by atoms with Gasteiger partial charge in [-0.05, 0) is 37.8 Å². The highest BCUT2D eigenvalue weighted by molar-refractivity contribution is 5.85. The van der Waals surface area contributed by atoms with E-state index in [9.17, 15) is 0 Å². The number of fused-ring (bicyclic) bond motifs is 1. The van der Waals surface area contributed by atoms with Gasteiger partial charge in [0.15, 0.2) is 0 Å². The van der Waals surface area contributed by atoms with Crippen molar-refractivity contribution in [2.45, 2.75) is 50.1 Å². The fourth-order valence-corrected chi connectivity index (χ4v) is 3.69. The first-order chi connectivity index (χ1) is 12.7. The Bertz CT molecular complexity index is 916. The maximum atomic E-state index is 5.99. The van der Waals surface area contributed by atoms with Crippen molar-refractivity contribution in [3.8, 4) is 0 Å². The molecule has 6 nitrogen and oxygen atoms in total. The van der Waals surface area contributed by atoms with E-state index in [0.29, 0.717) is 24.4 Å². The van der Waals surface area contributed by atoms with Gasteiger partial charge in [-0.1, -0.05) is 12.1 Å². The van der Waals surface area contributed by atoms with Crippen molar-refractivity contribution in [3.05, 3.63) is 47.7 Å². The highest BCUT2D eigenvalue weighted by Gasteiger charge is 2.32. The maximum absolute atomic E-state index is 5.99. The molecule has 2 aliphatic carbocycles. The Balaban J connectivity index is 0.00000112. The summed E-state index contributed by atoms with van der Waals surface area (Å²) in [6, 6.07) is 10.6. The quantitative estimate of drug-likeness (QED) is 0.653. The van der Waals surface area contributed by atoms with Gasteiger partial charge in [-0.15, -0.1) is 24.8 Å². The molecule has 0 saturated heterocycles. The van der Waals surface area contributed by atoms with E-state index in [1.54, 1.807) is 0 Å². The standard InChI is InChI=1S/C20H24N6.2ClH/c1-26(11-18-22-15-4-2-3-5-16(15)23-18)19-10-17(13-8-14(21)9-13)24-20(25-19)12-6-7-12;;/h2-5,10,12-14H,6-9,11,21H2,1H3,(H,22,23);2*1H. The molecule has 2 heterocycles. The van der Waals surface area contributed by atoms with Crippen LogP contribution in [-0.4, -0.2) is 33.0 Å². The number of H-pyrrole nitrogens is 1. The zero-order valence-corrected chi connectivity index (χ0v) is 17.5. The summed E-state index contributed by atoms with van der Waals surface area (Å²) in [6.07, 6.45) is 4.49. The number of aromatic amines is 1. The van der Waals surface area contributed by atoms with E-state index < -0.39 is 0 Å². The Morgan fingerprint density at radius 3 is 2.50 bits per heavy atom. The molecule has 3 N–H and O–H groups in total. The van der Waals surface area contributed by atoms with Gasteiger partial charge in [0, 0.05) is 36.7 Å². The zero-order chi connectivity index (χ0) is 17.7. The number of hydrogen-bond acceptors (Lipinski definition) is 5. The first-order valence-corrected chi connectivity index (χ1v) is 9.45. The first kappa shape index (κ1) is 20.8. The number of para-hydroxylation sites is 2. The lowest BCUT2D eigenvalue weighted by Crippen LogP contribution is -2.35. The summed E-state index contributed by atoms with van der Waals surface area (Å²) in [5.41, 5.74) is 9.22. The number of anilines is 1. The molecule has 0 atom stereocenters. The number of hydrogen-bond donors (Lipinski definition) is 2. The maximum Gasteiger partial charge on any atom is 0.134 e. The monoisotopic (exact) mass is 420 g/mol. The van der Waals surface area contributed by atoms with Gasteiger partial charge in [-0.2, -0.15) is 0 Å². The number of nitrogens with one attached hydrogen (secondary N) is 1. The lowest BCUT2D eigenvalue weighted by molar-refractivity contribution is 0.344. The van der Waals surface area contributed by atoms with Crippen LogP contribution in [0.4, 0.5) is 5.82 Å². The SMILES string of the molecule is CN(Cc1nc2ccccc2[nH]1)c1cc(C2CC(N)C2)nc(C2CC2)n1.Cl.Cl. The third-order valence-electron chi connectivity index (χ3n) is 5.50. The number of rotatable bonds is 5. The van der Waals surface area contributed by atoms with Crippen LogP contribution in [0.25, 0.3) is 11.0 Å². The van der Waals surface area contributed by atoms with Gasteiger partial charge < -0.3 is 15.6 Å². The smallest absolute Gasteiger partial charge is 0.134 e. The summed E-state index contributed by atoms with van der Waals surface area (Å²) in [4.78, 5) is 20.0. The second-order valence-corrected chi connectivity index (χ2v) is 7.77. The van der Waals surface area contributed by atoms with Gasteiger partial charge in [-0.25, -0.2) is 15.0 Å². The Kier molecular flexibility index (Phi) is 6.12. The van der Waals surface area contributed by atoms with Gasteiger partial charge in [0.2, 0.25) is 0 Å². The highest BCUT2D eigenvalue weighted by atomic mass is 35.5. The van der Waals surface area contributed by atoms with E-state index >= 15 is 0 Å². The van der Waals surface area contributed by atoms with Gasteiger partial charge in [0.1, 0.15) is 17.5 Å². The van der Waals surface area contributed by atoms with Gasteiger partial charge in [0.05, 0.1) is 17.6 Å². The second-order valence-electron chi connectivity index (χ2n) is 7.77. The molecule has 3 aromatic rings. The number of imidazole rings is 1. The van der Waals surface area contributed by atoms with Crippen LogP contribution in [0.2, 0.25) is 0 Å². The van der Waals surface area contributed by atoms with Crippen molar-refractivity contribution in [1.29, 1.82) is 0 Å². The molecule has 0 bridgehead atoms. The average Bonchev–Trinajstić information content (AvgIpc) is 3.39. The molecule has 5 rings (SSSR count). The predicted molar refractivity (Wildman–Crippen MR) is 117 cm³/mol. The molecule has 0 spiro atoms. The summed E-state index contributed by atoms with van der Waals surface area (Å²) < 4.78 is 0. The first-order valence-electron chi connectivity index (χ1n) is 9.45. The largest absolute Gasteiger partial charge is 0.352 e. The van der Waals surface area contributed by atoms with E-state index in [-0.39, 0.29) is 24.8 Å². The minimum atomic E-state index is 0. The summed E-state index contributed by atoms with van der Waals surface area (Å²) in [6.45, 7) is 0.694. The van der Waals surface area contributed by atoms with Crippen LogP contribution in [0, 0.1) is 0 Å². The molecule has 0 radical (unpaired) electrons. The van der Waals surface area contributed by atoms with Crippen LogP contribution in [-0.2, 0) is 6.54 Å². The minimum absolute atomic E-state index is 0. The molecule has 1 aromatic carbocycles. The summed E-state index contributed by atoms with van der Waals surface area (Å²) in [5, 5.41) is 0. The topological polar surface area (TPSA) is 83.7 Å². The van der Waals surface area contributed by atoms with Crippen LogP contribution >= 0.6 is 24.8 Å². The van der Waals surface area contributed by atoms with E-state index in [0.717, 1.165) is 47.0 Å². The van der Waals surface area contributed by atoms with E-state index in [1.807, 2.05) is 18.2 Å². The highest BCUT2D eigenvalue weighted by Crippen LogP contribution is 2.41. The summed E-state index contributed by atoms with van der Waals surface area (Å²) >= 11 is 0. The number of halogens is 2. The molecular weight excluding hydrogens is 395 g/mol. The van der Waals surface area contributed by atoms with Crippen LogP contribution in [0.15, 0.2) is 30.3 Å². The third kappa shape index (κ3) is 4.09. The van der Waals surface area contributed by atoms with Crippen molar-refractivity contribution >= 4 is 41.7 Å². The molecule has 150 valence electrons. The van der Waals surface area contributed by atoms with Crippen molar-refractivity contribution in [1.82, 2.24) is 19.9 Å². The van der Waals surface area contributed by atoms with Crippen LogP contribution in [0.1, 0.15) is 54.9 Å². The van der Waals surface area contributed by atoms with Gasteiger partial charge in [0.25, 0.3) is 0 Å². The Morgan fingerprint density at radius 2 is 1.82 bits per heavy atom. The van der Waals surface area contributed by atoms with E-state index in [4.69, 9.17) is 15.7 Å². The zero-order valence-electron chi connectivity index (χ0n) is 15.8. The number of nitrogens with zero attached hydrogens (tertiary/aromatic N) is 4. The van der Waals surface area contributed by atoms with Crippen LogP contribution < -0.4 is 10.6 Å². The molecule has 8 heteroatoms. The Labute approximate surface area is 177 Å². The fourth-order valence-electron chi connectivity index (χ4n) is 3.69. The fraction of sp³-hybridized carbons (Fsp3) is 0.450. The predicted octanol–water partition coefficient (Wildman–Crippen LogP) is 3.92. The third-order valence-corrected chi connectivity index (χ3v) is 5.50. The number of nitrogens with two attached hydrogens (primary N) is 1. The number of benzene rings is 1. The minimum Gasteiger partial charge on any atom is -0.352 e. The Morgan fingerprint density at radius 1 is 1.07 bits per heavy atom. The van der Waals surface area contributed by atoms with Crippen molar-refractivity contribution in [2.75, 3.05) is 11.9 Å². The van der Waals surface area contributed by atoms with Crippen LogP contribution in [0.3, 0.4) is 0 Å². The summed E-state index contributed by atoms with van der Waals surface area (Å²) in [5.74, 6) is 3.98. The van der Waals surface area contributed by atoms with Crippen molar-refractivity contribution in [3.63, 3.8) is 0 Å². The molecule has 2 saturated carbocycles. The molecule has 0 aliphatic heterocycles. The lowest BCUT2D eigenvalue weighted by atomic mass is 9.78. The normalized spacial score (nSPS) is 20.8. The molecule has 0 amide bonds. The molecule has 0 unspecified atom stereocenters. The molecular formula is C20H26Cl2N6. The summed E-state index contributed by atoms with van der Waals surface area (Å²) in [7, 11) is 2.07. The Hall–Kier alpha value is -1.89. The van der Waals surface area contributed by atoms with Crippen molar-refractivity contribution in [2.24, 2.45) is 5.73 Å². The molecule has 2 aliphatic rings. The van der Waals surface area contributed by atoms with E-state index in [1.165, 1.54) is 12.8 Å². The molecule has 2 aromatic heterocycles. The lowest BCUT2D eigenvalue weighted by Gasteiger charge is -2.32. The van der Waals surface area contributed by atoms with Crippen LogP contribution in [0.5, 0.6) is 0 Å².